The zero-order chi connectivity index (χ0) is 13.0. The van der Waals surface area contributed by atoms with Crippen LogP contribution in [0.25, 0.3) is 0 Å². The Morgan fingerprint density at radius 1 is 1.67 bits per heavy atom. The van der Waals surface area contributed by atoms with Crippen LogP contribution in [0.1, 0.15) is 4.88 Å². The number of nitrogens with two attached hydrogens (primary N) is 1. The minimum absolute atomic E-state index is 0.0881. The number of rotatable bonds is 5. The van der Waals surface area contributed by atoms with Crippen LogP contribution in [0.2, 0.25) is 0 Å². The molecule has 0 bridgehead atoms. The lowest BCUT2D eigenvalue weighted by Gasteiger charge is -2.04. The molecule has 0 fully saturated rings. The molecule has 2 aromatic heterocycles. The predicted octanol–water partition coefficient (Wildman–Crippen LogP) is 0.960. The van der Waals surface area contributed by atoms with Crippen LogP contribution in [0.15, 0.2) is 22.7 Å². The third-order valence-corrected chi connectivity index (χ3v) is 3.61. The van der Waals surface area contributed by atoms with Crippen molar-refractivity contribution in [3.8, 4) is 0 Å². The van der Waals surface area contributed by atoms with Crippen molar-refractivity contribution < 1.29 is 4.79 Å². The molecule has 0 saturated carbocycles. The van der Waals surface area contributed by atoms with E-state index >= 15 is 0 Å². The van der Waals surface area contributed by atoms with E-state index in [4.69, 9.17) is 5.73 Å². The molecule has 2 aromatic rings. The van der Waals surface area contributed by atoms with Crippen LogP contribution >= 0.6 is 23.1 Å². The highest BCUT2D eigenvalue weighted by Crippen LogP contribution is 2.11. The highest BCUT2D eigenvalue weighted by atomic mass is 32.2. The Balaban J connectivity index is 1.88. The van der Waals surface area contributed by atoms with Gasteiger partial charge in [0, 0.05) is 4.88 Å². The summed E-state index contributed by atoms with van der Waals surface area (Å²) >= 11 is 2.99. The number of nitrogens with one attached hydrogen (secondary N) is 1. The van der Waals surface area contributed by atoms with E-state index in [1.807, 2.05) is 23.8 Å². The van der Waals surface area contributed by atoms with Gasteiger partial charge >= 0.3 is 0 Å². The molecule has 0 aliphatic heterocycles. The van der Waals surface area contributed by atoms with Crippen molar-refractivity contribution in [3.05, 3.63) is 22.4 Å². The first-order valence-electron chi connectivity index (χ1n) is 5.22. The van der Waals surface area contributed by atoms with E-state index in [2.05, 4.69) is 15.4 Å². The van der Waals surface area contributed by atoms with E-state index < -0.39 is 0 Å². The molecule has 0 atom stereocenters. The van der Waals surface area contributed by atoms with Gasteiger partial charge in [0.1, 0.15) is 6.54 Å². The predicted molar refractivity (Wildman–Crippen MR) is 72.4 cm³/mol. The molecule has 18 heavy (non-hydrogen) atoms. The average molecular weight is 283 g/mol. The Morgan fingerprint density at radius 2 is 2.50 bits per heavy atom. The molecule has 8 heteroatoms. The van der Waals surface area contributed by atoms with Gasteiger partial charge in [-0.15, -0.1) is 16.4 Å². The summed E-state index contributed by atoms with van der Waals surface area (Å²) in [6.45, 7) is 0.616. The molecule has 1 amide bonds. The fourth-order valence-electron chi connectivity index (χ4n) is 1.33. The fraction of sp³-hybridized carbons (Fsp3) is 0.300. The maximum absolute atomic E-state index is 11.7. The SMILES string of the molecule is CSc1nc(N)n(CC(=O)NCc2cccs2)n1. The molecule has 0 radical (unpaired) electrons. The summed E-state index contributed by atoms with van der Waals surface area (Å²) in [4.78, 5) is 16.8. The summed E-state index contributed by atoms with van der Waals surface area (Å²) in [5.74, 6) is 0.123. The Bertz CT molecular complexity index is 522. The number of carbonyl (C=O) groups excluding carboxylic acids is 1. The van der Waals surface area contributed by atoms with Crippen LogP contribution in [0.4, 0.5) is 5.95 Å². The number of hydrogen-bond donors (Lipinski definition) is 2. The Labute approximate surface area is 113 Å². The summed E-state index contributed by atoms with van der Waals surface area (Å²) in [6, 6.07) is 3.92. The summed E-state index contributed by atoms with van der Waals surface area (Å²) in [7, 11) is 0. The van der Waals surface area contributed by atoms with Crippen molar-refractivity contribution in [1.29, 1.82) is 0 Å². The highest BCUT2D eigenvalue weighted by Gasteiger charge is 2.10. The minimum Gasteiger partial charge on any atom is -0.368 e. The fourth-order valence-corrected chi connectivity index (χ4v) is 2.34. The van der Waals surface area contributed by atoms with E-state index in [0.29, 0.717) is 11.7 Å². The lowest BCUT2D eigenvalue weighted by molar-refractivity contribution is -0.122. The number of thioether (sulfide) groups is 1. The Hall–Kier alpha value is -1.54. The highest BCUT2D eigenvalue weighted by molar-refractivity contribution is 7.98. The monoisotopic (exact) mass is 283 g/mol. The van der Waals surface area contributed by atoms with Crippen molar-refractivity contribution in [2.24, 2.45) is 0 Å². The smallest absolute Gasteiger partial charge is 0.242 e. The molecule has 0 aromatic carbocycles. The quantitative estimate of drug-likeness (QED) is 0.798. The van der Waals surface area contributed by atoms with E-state index in [9.17, 15) is 4.79 Å². The van der Waals surface area contributed by atoms with Crippen LogP contribution in [-0.4, -0.2) is 26.9 Å². The topological polar surface area (TPSA) is 85.8 Å². The maximum Gasteiger partial charge on any atom is 0.242 e. The molecule has 0 aliphatic rings. The van der Waals surface area contributed by atoms with Gasteiger partial charge in [0.15, 0.2) is 0 Å². The van der Waals surface area contributed by atoms with E-state index in [0.717, 1.165) is 4.88 Å². The van der Waals surface area contributed by atoms with Crippen LogP contribution in [0, 0.1) is 0 Å². The number of aromatic nitrogens is 3. The molecule has 0 unspecified atom stereocenters. The van der Waals surface area contributed by atoms with Crippen LogP contribution < -0.4 is 11.1 Å². The number of amides is 1. The lowest BCUT2D eigenvalue weighted by Crippen LogP contribution is -2.27. The summed E-state index contributed by atoms with van der Waals surface area (Å²) in [5, 5.41) is 9.45. The zero-order valence-electron chi connectivity index (χ0n) is 9.79. The second-order valence-electron chi connectivity index (χ2n) is 3.47. The maximum atomic E-state index is 11.7. The number of nitrogens with zero attached hydrogens (tertiary/aromatic N) is 3. The number of anilines is 1. The van der Waals surface area contributed by atoms with Crippen LogP contribution in [-0.2, 0) is 17.9 Å². The molecular weight excluding hydrogens is 270 g/mol. The number of carbonyl (C=O) groups is 1. The van der Waals surface area contributed by atoms with Gasteiger partial charge in [-0.3, -0.25) is 4.79 Å². The van der Waals surface area contributed by atoms with Crippen molar-refractivity contribution in [2.75, 3.05) is 12.0 Å². The van der Waals surface area contributed by atoms with Gasteiger partial charge in [-0.1, -0.05) is 17.8 Å². The normalized spacial score (nSPS) is 10.5. The van der Waals surface area contributed by atoms with Gasteiger partial charge in [-0.2, -0.15) is 4.98 Å². The van der Waals surface area contributed by atoms with Gasteiger partial charge in [0.2, 0.25) is 17.0 Å². The van der Waals surface area contributed by atoms with Crippen molar-refractivity contribution in [2.45, 2.75) is 18.2 Å². The number of nitrogen functional groups attached to an aromatic ring is 1. The molecule has 6 nitrogen and oxygen atoms in total. The van der Waals surface area contributed by atoms with Gasteiger partial charge in [-0.25, -0.2) is 4.68 Å². The van der Waals surface area contributed by atoms with Gasteiger partial charge in [0.25, 0.3) is 0 Å². The van der Waals surface area contributed by atoms with E-state index in [1.165, 1.54) is 16.4 Å². The molecule has 0 saturated heterocycles. The third-order valence-electron chi connectivity index (χ3n) is 2.20. The molecule has 2 heterocycles. The van der Waals surface area contributed by atoms with Crippen LogP contribution in [0.5, 0.6) is 0 Å². The first-order valence-corrected chi connectivity index (χ1v) is 7.33. The molecule has 0 aliphatic carbocycles. The molecule has 2 rings (SSSR count). The molecular formula is C10H13N5OS2. The second kappa shape index (κ2) is 5.87. The Morgan fingerprint density at radius 3 is 3.11 bits per heavy atom. The summed E-state index contributed by atoms with van der Waals surface area (Å²) < 4.78 is 1.40. The lowest BCUT2D eigenvalue weighted by atomic mass is 10.4. The minimum atomic E-state index is -0.132. The molecule has 0 spiro atoms. The van der Waals surface area contributed by atoms with Crippen molar-refractivity contribution >= 4 is 35.0 Å². The van der Waals surface area contributed by atoms with E-state index in [-0.39, 0.29) is 18.4 Å². The van der Waals surface area contributed by atoms with E-state index in [1.54, 1.807) is 11.3 Å². The van der Waals surface area contributed by atoms with Gasteiger partial charge in [-0.05, 0) is 17.7 Å². The first kappa shape index (κ1) is 12.9. The average Bonchev–Trinajstić information content (AvgIpc) is 2.97. The number of thiophene rings is 1. The van der Waals surface area contributed by atoms with Crippen molar-refractivity contribution in [1.82, 2.24) is 20.1 Å². The zero-order valence-corrected chi connectivity index (χ0v) is 11.4. The largest absolute Gasteiger partial charge is 0.368 e. The van der Waals surface area contributed by atoms with Crippen molar-refractivity contribution in [3.63, 3.8) is 0 Å². The molecule has 3 N–H and O–H groups in total. The number of hydrogen-bond acceptors (Lipinski definition) is 6. The molecule has 96 valence electrons. The first-order chi connectivity index (χ1) is 8.69. The van der Waals surface area contributed by atoms with Gasteiger partial charge in [0.05, 0.1) is 6.54 Å². The van der Waals surface area contributed by atoms with Crippen LogP contribution in [0.3, 0.4) is 0 Å². The Kier molecular flexibility index (Phi) is 4.21. The summed E-state index contributed by atoms with van der Waals surface area (Å²) in [5.41, 5.74) is 5.65. The summed E-state index contributed by atoms with van der Waals surface area (Å²) in [6.07, 6.45) is 1.86. The third kappa shape index (κ3) is 3.23. The van der Waals surface area contributed by atoms with Gasteiger partial charge < -0.3 is 11.1 Å². The second-order valence-corrected chi connectivity index (χ2v) is 5.28. The standard InChI is InChI=1S/C10H13N5OS2/c1-17-10-13-9(11)15(14-10)6-8(16)12-5-7-3-2-4-18-7/h2-4H,5-6H2,1H3,(H,12,16)(H2,11,13,14).